The van der Waals surface area contributed by atoms with Crippen LogP contribution in [0.5, 0.6) is 0 Å². The minimum atomic E-state index is -0.246. The zero-order chi connectivity index (χ0) is 21.4. The summed E-state index contributed by atoms with van der Waals surface area (Å²) in [6.45, 7) is 5.11. The predicted octanol–water partition coefficient (Wildman–Crippen LogP) is 3.68. The third-order valence-corrected chi connectivity index (χ3v) is 6.69. The van der Waals surface area contributed by atoms with E-state index in [4.69, 9.17) is 4.42 Å². The molecule has 156 valence electrons. The number of halogens is 2. The van der Waals surface area contributed by atoms with Gasteiger partial charge in [0.15, 0.2) is 10.4 Å². The highest BCUT2D eigenvalue weighted by Crippen LogP contribution is 2.28. The van der Waals surface area contributed by atoms with E-state index in [0.29, 0.717) is 28.8 Å². The molecule has 2 amide bonds. The quantitative estimate of drug-likeness (QED) is 0.510. The molecule has 4 rings (SSSR count). The van der Waals surface area contributed by atoms with Crippen LogP contribution in [0.4, 0.5) is 0 Å². The van der Waals surface area contributed by atoms with Gasteiger partial charge in [0.1, 0.15) is 6.33 Å². The van der Waals surface area contributed by atoms with Crippen LogP contribution in [0.15, 0.2) is 50.2 Å². The van der Waals surface area contributed by atoms with Crippen molar-refractivity contribution >= 4 is 43.7 Å². The van der Waals surface area contributed by atoms with Gasteiger partial charge in [-0.2, -0.15) is 0 Å². The molecule has 1 fully saturated rings. The molecule has 2 aromatic heterocycles. The first-order chi connectivity index (χ1) is 14.3. The molecule has 1 atom stereocenters. The number of furan rings is 1. The Bertz CT molecular complexity index is 1090. The average molecular weight is 537 g/mol. The molecule has 1 aliphatic rings. The Labute approximate surface area is 190 Å². The molecule has 3 aromatic rings. The van der Waals surface area contributed by atoms with E-state index < -0.39 is 0 Å². The molecule has 1 aliphatic heterocycles. The molecular formula is C20H19Br2N5O3. The molecule has 1 unspecified atom stereocenters. The summed E-state index contributed by atoms with van der Waals surface area (Å²) in [4.78, 5) is 33.3. The number of aromatic nitrogens is 3. The van der Waals surface area contributed by atoms with E-state index in [-0.39, 0.29) is 29.4 Å². The molecule has 0 aliphatic carbocycles. The summed E-state index contributed by atoms with van der Waals surface area (Å²) in [5.41, 5.74) is 1.95. The highest BCUT2D eigenvalue weighted by molar-refractivity contribution is 9.13. The van der Waals surface area contributed by atoms with Crippen molar-refractivity contribution in [3.63, 3.8) is 0 Å². The summed E-state index contributed by atoms with van der Waals surface area (Å²) < 4.78 is 8.19. The van der Waals surface area contributed by atoms with Gasteiger partial charge in [0.25, 0.3) is 11.8 Å². The van der Waals surface area contributed by atoms with Crippen LogP contribution in [0.1, 0.15) is 33.7 Å². The zero-order valence-electron chi connectivity index (χ0n) is 16.4. The first-order valence-electron chi connectivity index (χ1n) is 9.37. The lowest BCUT2D eigenvalue weighted by Gasteiger charge is -2.39. The molecule has 8 nitrogen and oxygen atoms in total. The lowest BCUT2D eigenvalue weighted by atomic mass is 10.1. The van der Waals surface area contributed by atoms with Crippen molar-refractivity contribution in [1.29, 1.82) is 0 Å². The summed E-state index contributed by atoms with van der Waals surface area (Å²) in [5, 5.41) is 4.35. The molecule has 0 spiro atoms. The maximum Gasteiger partial charge on any atom is 0.293 e. The number of benzene rings is 1. The second kappa shape index (κ2) is 8.35. The standard InChI is InChI=1S/C20H19Br2N5O3/c1-12-4-3-5-14(8-12)27-11-23-18(24-27)20(29)26-7-6-25(10-13(26)2)19(28)16-9-15(21)17(22)30-16/h3-5,8-9,11,13H,6-7,10H2,1-2H3. The van der Waals surface area contributed by atoms with E-state index in [2.05, 4.69) is 41.9 Å². The van der Waals surface area contributed by atoms with Crippen molar-refractivity contribution in [3.8, 4) is 5.69 Å². The normalized spacial score (nSPS) is 16.7. The molecule has 3 heterocycles. The van der Waals surface area contributed by atoms with E-state index in [9.17, 15) is 9.59 Å². The molecule has 10 heteroatoms. The lowest BCUT2D eigenvalue weighted by Crippen LogP contribution is -2.55. The highest BCUT2D eigenvalue weighted by atomic mass is 79.9. The summed E-state index contributed by atoms with van der Waals surface area (Å²) in [7, 11) is 0. The SMILES string of the molecule is Cc1cccc(-n2cnc(C(=O)N3CCN(C(=O)c4cc(Br)c(Br)o4)CC3C)n2)c1. The van der Waals surface area contributed by atoms with Crippen molar-refractivity contribution in [2.24, 2.45) is 0 Å². The Morgan fingerprint density at radius 3 is 2.63 bits per heavy atom. The fourth-order valence-corrected chi connectivity index (χ4v) is 4.01. The smallest absolute Gasteiger partial charge is 0.293 e. The van der Waals surface area contributed by atoms with Crippen molar-refractivity contribution in [1.82, 2.24) is 24.6 Å². The Balaban J connectivity index is 1.45. The Morgan fingerprint density at radius 1 is 1.17 bits per heavy atom. The number of amides is 2. The van der Waals surface area contributed by atoms with Gasteiger partial charge < -0.3 is 14.2 Å². The highest BCUT2D eigenvalue weighted by Gasteiger charge is 2.33. The molecule has 0 N–H and O–H groups in total. The van der Waals surface area contributed by atoms with Crippen LogP contribution in [0, 0.1) is 6.92 Å². The minimum absolute atomic E-state index is 0.141. The second-order valence-corrected chi connectivity index (χ2v) is 8.76. The second-order valence-electron chi connectivity index (χ2n) is 7.18. The van der Waals surface area contributed by atoms with E-state index in [1.807, 2.05) is 38.1 Å². The molecule has 0 saturated carbocycles. The van der Waals surface area contributed by atoms with E-state index in [0.717, 1.165) is 11.3 Å². The Kier molecular flexibility index (Phi) is 5.79. The lowest BCUT2D eigenvalue weighted by molar-refractivity contribution is 0.0392. The monoisotopic (exact) mass is 535 g/mol. The van der Waals surface area contributed by atoms with E-state index in [1.165, 1.54) is 0 Å². The number of rotatable bonds is 3. The van der Waals surface area contributed by atoms with Crippen LogP contribution in [-0.4, -0.2) is 62.1 Å². The largest absolute Gasteiger partial charge is 0.443 e. The van der Waals surface area contributed by atoms with Gasteiger partial charge >= 0.3 is 0 Å². The van der Waals surface area contributed by atoms with Crippen molar-refractivity contribution in [2.45, 2.75) is 19.9 Å². The summed E-state index contributed by atoms with van der Waals surface area (Å²) in [6, 6.07) is 9.27. The summed E-state index contributed by atoms with van der Waals surface area (Å²) in [6.07, 6.45) is 1.54. The van der Waals surface area contributed by atoms with Gasteiger partial charge in [-0.15, -0.1) is 5.10 Å². The number of carbonyl (C=O) groups excluding carboxylic acids is 2. The van der Waals surface area contributed by atoms with Gasteiger partial charge in [0, 0.05) is 31.7 Å². The number of piperazine rings is 1. The first kappa shape index (κ1) is 20.8. The van der Waals surface area contributed by atoms with Crippen LogP contribution >= 0.6 is 31.9 Å². The molecular weight excluding hydrogens is 518 g/mol. The van der Waals surface area contributed by atoms with Crippen LogP contribution in [-0.2, 0) is 0 Å². The van der Waals surface area contributed by atoms with Crippen LogP contribution in [0.25, 0.3) is 5.69 Å². The summed E-state index contributed by atoms with van der Waals surface area (Å²) >= 11 is 6.56. The van der Waals surface area contributed by atoms with Crippen LogP contribution in [0.2, 0.25) is 0 Å². The zero-order valence-corrected chi connectivity index (χ0v) is 19.6. The van der Waals surface area contributed by atoms with Gasteiger partial charge in [-0.25, -0.2) is 9.67 Å². The van der Waals surface area contributed by atoms with Gasteiger partial charge in [0.2, 0.25) is 5.82 Å². The fourth-order valence-electron chi connectivity index (χ4n) is 3.44. The third-order valence-electron chi connectivity index (χ3n) is 4.98. The maximum absolute atomic E-state index is 13.0. The van der Waals surface area contributed by atoms with Gasteiger partial charge in [-0.05, 0) is 63.4 Å². The van der Waals surface area contributed by atoms with Crippen molar-refractivity contribution in [2.75, 3.05) is 19.6 Å². The predicted molar refractivity (Wildman–Crippen MR) is 117 cm³/mol. The van der Waals surface area contributed by atoms with E-state index in [1.54, 1.807) is 26.9 Å². The van der Waals surface area contributed by atoms with Crippen LogP contribution < -0.4 is 0 Å². The van der Waals surface area contributed by atoms with Crippen molar-refractivity contribution in [3.05, 3.63) is 62.9 Å². The van der Waals surface area contributed by atoms with Crippen LogP contribution in [0.3, 0.4) is 0 Å². The molecule has 1 saturated heterocycles. The van der Waals surface area contributed by atoms with Gasteiger partial charge in [-0.1, -0.05) is 12.1 Å². The average Bonchev–Trinajstić information content (AvgIpc) is 3.34. The Morgan fingerprint density at radius 2 is 1.97 bits per heavy atom. The topological polar surface area (TPSA) is 84.5 Å². The Hall–Kier alpha value is -2.46. The summed E-state index contributed by atoms with van der Waals surface area (Å²) in [5.74, 6) is -0.0620. The maximum atomic E-state index is 13.0. The number of nitrogens with zero attached hydrogens (tertiary/aromatic N) is 5. The molecule has 1 aromatic carbocycles. The fraction of sp³-hybridized carbons (Fsp3) is 0.300. The van der Waals surface area contributed by atoms with Gasteiger partial charge in [0.05, 0.1) is 10.2 Å². The van der Waals surface area contributed by atoms with Gasteiger partial charge in [-0.3, -0.25) is 9.59 Å². The minimum Gasteiger partial charge on any atom is -0.443 e. The molecule has 30 heavy (non-hydrogen) atoms. The first-order valence-corrected chi connectivity index (χ1v) is 11.0. The number of carbonyl (C=O) groups is 2. The number of hydrogen-bond donors (Lipinski definition) is 0. The number of aryl methyl sites for hydroxylation is 1. The van der Waals surface area contributed by atoms with E-state index >= 15 is 0 Å². The number of hydrogen-bond acceptors (Lipinski definition) is 5. The third kappa shape index (κ3) is 4.06. The molecule has 0 radical (unpaired) electrons. The van der Waals surface area contributed by atoms with Crippen molar-refractivity contribution < 1.29 is 14.0 Å². The molecule has 0 bridgehead atoms.